The summed E-state index contributed by atoms with van der Waals surface area (Å²) in [4.78, 5) is 0. The molecule has 25 heavy (non-hydrogen) atoms. The molecule has 0 aliphatic rings. The summed E-state index contributed by atoms with van der Waals surface area (Å²) in [5, 5.41) is 9.30. The lowest BCUT2D eigenvalue weighted by Crippen LogP contribution is -2.21. The smallest absolute Gasteiger partial charge is 0.480 e. The van der Waals surface area contributed by atoms with Crippen LogP contribution in [0, 0.1) is 0 Å². The van der Waals surface area contributed by atoms with Crippen molar-refractivity contribution in [1.82, 2.24) is 0 Å². The van der Waals surface area contributed by atoms with Crippen LogP contribution >= 0.6 is 0 Å². The van der Waals surface area contributed by atoms with Crippen LogP contribution in [-0.2, 0) is 6.61 Å². The molecule has 0 saturated heterocycles. The molecule has 0 unspecified atom stereocenters. The van der Waals surface area contributed by atoms with Crippen LogP contribution in [0.2, 0.25) is 0 Å². The summed E-state index contributed by atoms with van der Waals surface area (Å²) < 4.78 is 82.5. The van der Waals surface area contributed by atoms with E-state index in [1.165, 1.54) is 6.07 Å². The first kappa shape index (κ1) is 18.9. The molecule has 3 nitrogen and oxygen atoms in total. The summed E-state index contributed by atoms with van der Waals surface area (Å²) in [5.41, 5.74) is 1.08. The van der Waals surface area contributed by atoms with Crippen molar-refractivity contribution in [3.63, 3.8) is 0 Å². The van der Waals surface area contributed by atoms with E-state index < -0.39 is 30.6 Å². The van der Waals surface area contributed by atoms with Crippen molar-refractivity contribution in [2.45, 2.75) is 19.1 Å². The molecule has 0 heterocycles. The SMILES string of the molecule is OCc1ccccc1-c1ccc(OCC(F)(F)F)c(OC(F)(F)F)c1. The van der Waals surface area contributed by atoms with Crippen molar-refractivity contribution in [2.24, 2.45) is 0 Å². The normalized spacial score (nSPS) is 12.1. The number of hydrogen-bond acceptors (Lipinski definition) is 3. The summed E-state index contributed by atoms with van der Waals surface area (Å²) in [6.07, 6.45) is -9.82. The molecule has 0 spiro atoms. The van der Waals surface area contributed by atoms with Crippen molar-refractivity contribution in [3.8, 4) is 22.6 Å². The van der Waals surface area contributed by atoms with Crippen molar-refractivity contribution < 1.29 is 40.9 Å². The van der Waals surface area contributed by atoms with E-state index in [9.17, 15) is 31.4 Å². The van der Waals surface area contributed by atoms with Crippen LogP contribution in [0.1, 0.15) is 5.56 Å². The van der Waals surface area contributed by atoms with Crippen molar-refractivity contribution >= 4 is 0 Å². The highest BCUT2D eigenvalue weighted by Gasteiger charge is 2.34. The Morgan fingerprint density at radius 3 is 2.16 bits per heavy atom. The van der Waals surface area contributed by atoms with Crippen molar-refractivity contribution in [1.29, 1.82) is 0 Å². The highest BCUT2D eigenvalue weighted by Crippen LogP contribution is 2.37. The Kier molecular flexibility index (Phi) is 5.46. The lowest BCUT2D eigenvalue weighted by Gasteiger charge is -2.17. The van der Waals surface area contributed by atoms with Gasteiger partial charge in [-0.2, -0.15) is 13.2 Å². The Labute approximate surface area is 138 Å². The van der Waals surface area contributed by atoms with Gasteiger partial charge in [-0.3, -0.25) is 0 Å². The van der Waals surface area contributed by atoms with E-state index in [2.05, 4.69) is 9.47 Å². The molecule has 136 valence electrons. The molecule has 0 saturated carbocycles. The fraction of sp³-hybridized carbons (Fsp3) is 0.250. The number of benzene rings is 2. The standard InChI is InChI=1S/C16H12F6O3/c17-15(18,19)9-24-13-6-5-10(7-14(13)25-16(20,21)22)12-4-2-1-3-11(12)8-23/h1-7,23H,8-9H2. The maximum Gasteiger partial charge on any atom is 0.573 e. The van der Waals surface area contributed by atoms with E-state index in [0.717, 1.165) is 12.1 Å². The average molecular weight is 366 g/mol. The lowest BCUT2D eigenvalue weighted by atomic mass is 10.00. The topological polar surface area (TPSA) is 38.7 Å². The minimum absolute atomic E-state index is 0.225. The quantitative estimate of drug-likeness (QED) is 0.781. The Morgan fingerprint density at radius 1 is 0.880 bits per heavy atom. The van der Waals surface area contributed by atoms with Gasteiger partial charge < -0.3 is 14.6 Å². The number of rotatable bonds is 5. The largest absolute Gasteiger partial charge is 0.573 e. The second-order valence-electron chi connectivity index (χ2n) is 4.93. The van der Waals surface area contributed by atoms with E-state index in [-0.39, 0.29) is 12.2 Å². The predicted molar refractivity (Wildman–Crippen MR) is 76.0 cm³/mol. The Bertz CT molecular complexity index is 725. The molecule has 0 atom stereocenters. The number of aliphatic hydroxyl groups is 1. The van der Waals surface area contributed by atoms with Gasteiger partial charge >= 0.3 is 12.5 Å². The fourth-order valence-electron chi connectivity index (χ4n) is 2.10. The van der Waals surface area contributed by atoms with Gasteiger partial charge in [0.25, 0.3) is 0 Å². The zero-order valence-corrected chi connectivity index (χ0v) is 12.5. The van der Waals surface area contributed by atoms with E-state index in [1.54, 1.807) is 24.3 Å². The Hall–Kier alpha value is -2.42. The van der Waals surface area contributed by atoms with Gasteiger partial charge in [0, 0.05) is 0 Å². The first-order valence-corrected chi connectivity index (χ1v) is 6.87. The third-order valence-electron chi connectivity index (χ3n) is 3.06. The summed E-state index contributed by atoms with van der Waals surface area (Å²) in [6.45, 7) is -2.12. The van der Waals surface area contributed by atoms with Crippen molar-refractivity contribution in [3.05, 3.63) is 48.0 Å². The monoisotopic (exact) mass is 366 g/mol. The molecule has 0 aliphatic heterocycles. The van der Waals surface area contributed by atoms with Crippen LogP contribution in [0.4, 0.5) is 26.3 Å². The summed E-state index contributed by atoms with van der Waals surface area (Å²) in [7, 11) is 0. The highest BCUT2D eigenvalue weighted by atomic mass is 19.4. The maximum atomic E-state index is 12.5. The number of halogens is 6. The van der Waals surface area contributed by atoms with Gasteiger partial charge in [-0.15, -0.1) is 13.2 Å². The fourth-order valence-corrected chi connectivity index (χ4v) is 2.10. The zero-order valence-electron chi connectivity index (χ0n) is 12.5. The highest BCUT2D eigenvalue weighted by molar-refractivity contribution is 5.70. The molecule has 1 N–H and O–H groups in total. The molecule has 0 aliphatic carbocycles. The Morgan fingerprint density at radius 2 is 1.56 bits per heavy atom. The first-order valence-electron chi connectivity index (χ1n) is 6.87. The second-order valence-corrected chi connectivity index (χ2v) is 4.93. The third kappa shape index (κ3) is 5.56. The molecule has 0 radical (unpaired) electrons. The maximum absolute atomic E-state index is 12.5. The van der Waals surface area contributed by atoms with Crippen LogP contribution in [-0.4, -0.2) is 24.3 Å². The van der Waals surface area contributed by atoms with Crippen molar-refractivity contribution in [2.75, 3.05) is 6.61 Å². The van der Waals surface area contributed by atoms with Gasteiger partial charge in [0.15, 0.2) is 18.1 Å². The molecule has 2 rings (SSSR count). The van der Waals surface area contributed by atoms with Crippen LogP contribution in [0.15, 0.2) is 42.5 Å². The van der Waals surface area contributed by atoms with Crippen LogP contribution in [0.3, 0.4) is 0 Å². The van der Waals surface area contributed by atoms with E-state index >= 15 is 0 Å². The van der Waals surface area contributed by atoms with Crippen LogP contribution < -0.4 is 9.47 Å². The van der Waals surface area contributed by atoms with Gasteiger partial charge in [0.05, 0.1) is 6.61 Å². The van der Waals surface area contributed by atoms with Crippen LogP contribution in [0.5, 0.6) is 11.5 Å². The Balaban J connectivity index is 2.43. The average Bonchev–Trinajstić information content (AvgIpc) is 2.51. The minimum atomic E-state index is -5.11. The van der Waals surface area contributed by atoms with Gasteiger partial charge in [0.1, 0.15) is 0 Å². The van der Waals surface area contributed by atoms with Gasteiger partial charge in [-0.1, -0.05) is 30.3 Å². The van der Waals surface area contributed by atoms with Gasteiger partial charge in [-0.05, 0) is 28.8 Å². The zero-order chi connectivity index (χ0) is 18.7. The number of hydrogen-bond donors (Lipinski definition) is 1. The summed E-state index contributed by atoms with van der Waals surface area (Å²) >= 11 is 0. The molecule has 0 fully saturated rings. The lowest BCUT2D eigenvalue weighted by molar-refractivity contribution is -0.275. The number of ether oxygens (including phenoxy) is 2. The number of aliphatic hydroxyl groups excluding tert-OH is 1. The molecular formula is C16H12F6O3. The molecule has 9 heteroatoms. The molecule has 2 aromatic carbocycles. The molecular weight excluding hydrogens is 354 g/mol. The summed E-state index contributed by atoms with van der Waals surface area (Å²) in [5.74, 6) is -1.60. The third-order valence-corrected chi connectivity index (χ3v) is 3.06. The first-order chi connectivity index (χ1) is 11.6. The molecule has 0 amide bonds. The van der Waals surface area contributed by atoms with Gasteiger partial charge in [-0.25, -0.2) is 0 Å². The molecule has 0 aromatic heterocycles. The predicted octanol–water partition coefficient (Wildman–Crippen LogP) is 4.69. The molecule has 0 bridgehead atoms. The molecule has 2 aromatic rings. The number of alkyl halides is 6. The van der Waals surface area contributed by atoms with E-state index in [1.807, 2.05) is 0 Å². The van der Waals surface area contributed by atoms with Gasteiger partial charge in [0.2, 0.25) is 0 Å². The summed E-state index contributed by atoms with van der Waals surface area (Å²) in [6, 6.07) is 9.49. The van der Waals surface area contributed by atoms with E-state index in [4.69, 9.17) is 0 Å². The van der Waals surface area contributed by atoms with Crippen LogP contribution in [0.25, 0.3) is 11.1 Å². The van der Waals surface area contributed by atoms with E-state index in [0.29, 0.717) is 11.1 Å². The second kappa shape index (κ2) is 7.22. The minimum Gasteiger partial charge on any atom is -0.480 e.